The van der Waals surface area contributed by atoms with Crippen molar-refractivity contribution in [3.05, 3.63) is 64.4 Å². The fourth-order valence-corrected chi connectivity index (χ4v) is 2.05. The minimum atomic E-state index is -0.797. The number of rotatable bonds is 5. The topological polar surface area (TPSA) is 84.5 Å². The van der Waals surface area contributed by atoms with E-state index in [1.54, 1.807) is 0 Å². The maximum atomic E-state index is 12.9. The molecule has 0 bridgehead atoms. The number of amides is 2. The normalized spacial score (nSPS) is 10.0. The first-order chi connectivity index (χ1) is 11.9. The molecule has 0 atom stereocenters. The summed E-state index contributed by atoms with van der Waals surface area (Å²) in [5.41, 5.74) is 0.346. The number of hydrogen-bond acceptors (Lipinski definition) is 4. The van der Waals surface area contributed by atoms with Gasteiger partial charge in [0.1, 0.15) is 5.82 Å². The van der Waals surface area contributed by atoms with E-state index in [4.69, 9.17) is 16.3 Å². The third-order valence-electron chi connectivity index (χ3n) is 3.17. The number of halogens is 2. The predicted molar refractivity (Wildman–Crippen MR) is 90.2 cm³/mol. The molecule has 6 nitrogen and oxygen atoms in total. The van der Waals surface area contributed by atoms with E-state index >= 15 is 0 Å². The minimum Gasteiger partial charge on any atom is -0.452 e. The first-order valence-corrected chi connectivity index (χ1v) is 7.52. The van der Waals surface area contributed by atoms with Gasteiger partial charge >= 0.3 is 5.97 Å². The molecule has 0 aromatic heterocycles. The van der Waals surface area contributed by atoms with Crippen LogP contribution in [-0.2, 0) is 9.53 Å². The summed E-state index contributed by atoms with van der Waals surface area (Å²) in [6, 6.07) is 9.09. The van der Waals surface area contributed by atoms with Crippen LogP contribution in [0.3, 0.4) is 0 Å². The van der Waals surface area contributed by atoms with Crippen molar-refractivity contribution in [1.82, 2.24) is 5.32 Å². The van der Waals surface area contributed by atoms with Gasteiger partial charge < -0.3 is 15.4 Å². The Bertz CT molecular complexity index is 809. The van der Waals surface area contributed by atoms with Crippen molar-refractivity contribution in [3.8, 4) is 0 Å². The highest BCUT2D eigenvalue weighted by Gasteiger charge is 2.17. The second kappa shape index (κ2) is 8.25. The second-order valence-electron chi connectivity index (χ2n) is 4.90. The number of carbonyl (C=O) groups is 3. The van der Waals surface area contributed by atoms with E-state index in [1.807, 2.05) is 0 Å². The van der Waals surface area contributed by atoms with Crippen molar-refractivity contribution in [1.29, 1.82) is 0 Å². The fraction of sp³-hybridized carbons (Fsp3) is 0.118. The van der Waals surface area contributed by atoms with Gasteiger partial charge in [0.25, 0.3) is 11.8 Å². The van der Waals surface area contributed by atoms with E-state index in [-0.39, 0.29) is 21.8 Å². The van der Waals surface area contributed by atoms with Crippen LogP contribution in [0.1, 0.15) is 20.7 Å². The molecular weight excluding hydrogens is 351 g/mol. The van der Waals surface area contributed by atoms with Gasteiger partial charge in [-0.05, 0) is 42.5 Å². The molecule has 0 unspecified atom stereocenters. The molecule has 0 spiro atoms. The number of benzene rings is 2. The summed E-state index contributed by atoms with van der Waals surface area (Å²) in [5, 5.41) is 5.13. The fourth-order valence-electron chi connectivity index (χ4n) is 1.87. The third-order valence-corrected chi connectivity index (χ3v) is 3.40. The van der Waals surface area contributed by atoms with Gasteiger partial charge in [-0.2, -0.15) is 0 Å². The molecule has 0 fully saturated rings. The molecule has 25 heavy (non-hydrogen) atoms. The lowest BCUT2D eigenvalue weighted by molar-refractivity contribution is -0.123. The Balaban J connectivity index is 2.20. The first kappa shape index (κ1) is 18.4. The SMILES string of the molecule is CNC(=O)COC(=O)c1ccc(Cl)cc1NC(=O)c1ccc(F)cc1. The standard InChI is InChI=1S/C17H14ClFN2O4/c1-20-15(22)9-25-17(24)13-7-4-11(18)8-14(13)21-16(23)10-2-5-12(19)6-3-10/h2-8H,9H2,1H3,(H,20,22)(H,21,23). The van der Waals surface area contributed by atoms with E-state index in [2.05, 4.69) is 10.6 Å². The van der Waals surface area contributed by atoms with Gasteiger partial charge in [0.15, 0.2) is 6.61 Å². The van der Waals surface area contributed by atoms with Gasteiger partial charge in [-0.15, -0.1) is 0 Å². The summed E-state index contributed by atoms with van der Waals surface area (Å²) in [7, 11) is 1.41. The molecule has 2 N–H and O–H groups in total. The van der Waals surface area contributed by atoms with Gasteiger partial charge in [0, 0.05) is 17.6 Å². The smallest absolute Gasteiger partial charge is 0.340 e. The number of carbonyl (C=O) groups excluding carboxylic acids is 3. The van der Waals surface area contributed by atoms with Crippen LogP contribution in [0.2, 0.25) is 5.02 Å². The molecule has 130 valence electrons. The lowest BCUT2D eigenvalue weighted by Crippen LogP contribution is -2.25. The van der Waals surface area contributed by atoms with Gasteiger partial charge in [-0.1, -0.05) is 11.6 Å². The molecule has 0 aliphatic rings. The van der Waals surface area contributed by atoms with Crippen LogP contribution in [0.4, 0.5) is 10.1 Å². The third kappa shape index (κ3) is 5.02. The van der Waals surface area contributed by atoms with Gasteiger partial charge in [0.05, 0.1) is 11.3 Å². The predicted octanol–water partition coefficient (Wildman–Crippen LogP) is 2.63. The van der Waals surface area contributed by atoms with Crippen LogP contribution < -0.4 is 10.6 Å². The molecule has 2 rings (SSSR count). The van der Waals surface area contributed by atoms with Crippen LogP contribution in [0, 0.1) is 5.82 Å². The zero-order valence-corrected chi connectivity index (χ0v) is 13.9. The largest absolute Gasteiger partial charge is 0.452 e. The molecular formula is C17H14ClFN2O4. The molecule has 0 saturated heterocycles. The average Bonchev–Trinajstić information content (AvgIpc) is 2.60. The zero-order valence-electron chi connectivity index (χ0n) is 13.1. The number of nitrogens with one attached hydrogen (secondary N) is 2. The molecule has 0 aliphatic heterocycles. The summed E-state index contributed by atoms with van der Waals surface area (Å²) in [4.78, 5) is 35.5. The van der Waals surface area contributed by atoms with Gasteiger partial charge in [0.2, 0.25) is 0 Å². The Morgan fingerprint density at radius 1 is 1.12 bits per heavy atom. The van der Waals surface area contributed by atoms with Gasteiger partial charge in [-0.3, -0.25) is 9.59 Å². The van der Waals surface area contributed by atoms with Crippen LogP contribution in [0.25, 0.3) is 0 Å². The Labute approximate surface area is 147 Å². The number of likely N-dealkylation sites (N-methyl/N-ethyl adjacent to an activating group) is 1. The van der Waals surface area contributed by atoms with Crippen molar-refractivity contribution in [2.24, 2.45) is 0 Å². The van der Waals surface area contributed by atoms with E-state index in [0.717, 1.165) is 12.1 Å². The molecule has 0 aliphatic carbocycles. The molecule has 8 heteroatoms. The highest BCUT2D eigenvalue weighted by atomic mass is 35.5. The lowest BCUT2D eigenvalue weighted by atomic mass is 10.1. The lowest BCUT2D eigenvalue weighted by Gasteiger charge is -2.11. The Morgan fingerprint density at radius 3 is 2.44 bits per heavy atom. The number of hydrogen-bond donors (Lipinski definition) is 2. The molecule has 2 aromatic rings. The van der Waals surface area contributed by atoms with E-state index < -0.39 is 30.2 Å². The quantitative estimate of drug-likeness (QED) is 0.799. The van der Waals surface area contributed by atoms with Gasteiger partial charge in [-0.25, -0.2) is 9.18 Å². The van der Waals surface area contributed by atoms with Crippen molar-refractivity contribution >= 4 is 35.1 Å². The molecule has 0 saturated carbocycles. The zero-order chi connectivity index (χ0) is 18.4. The molecule has 2 aromatic carbocycles. The molecule has 0 radical (unpaired) electrons. The summed E-state index contributed by atoms with van der Waals surface area (Å²) < 4.78 is 17.8. The van der Waals surface area contributed by atoms with Crippen LogP contribution in [0.5, 0.6) is 0 Å². The highest BCUT2D eigenvalue weighted by molar-refractivity contribution is 6.31. The summed E-state index contributed by atoms with van der Waals surface area (Å²) in [5.74, 6) is -2.30. The van der Waals surface area contributed by atoms with Crippen molar-refractivity contribution in [2.45, 2.75) is 0 Å². The highest BCUT2D eigenvalue weighted by Crippen LogP contribution is 2.23. The van der Waals surface area contributed by atoms with E-state index in [0.29, 0.717) is 0 Å². The molecule has 2 amide bonds. The van der Waals surface area contributed by atoms with E-state index in [9.17, 15) is 18.8 Å². The molecule has 0 heterocycles. The Morgan fingerprint density at radius 2 is 1.80 bits per heavy atom. The maximum absolute atomic E-state index is 12.9. The number of esters is 1. The maximum Gasteiger partial charge on any atom is 0.340 e. The van der Waals surface area contributed by atoms with Crippen LogP contribution >= 0.6 is 11.6 Å². The summed E-state index contributed by atoms with van der Waals surface area (Å²) >= 11 is 5.90. The summed E-state index contributed by atoms with van der Waals surface area (Å²) in [6.45, 7) is -0.455. The van der Waals surface area contributed by atoms with Crippen LogP contribution in [0.15, 0.2) is 42.5 Å². The minimum absolute atomic E-state index is 0.0313. The van der Waals surface area contributed by atoms with Crippen molar-refractivity contribution in [3.63, 3.8) is 0 Å². The van der Waals surface area contributed by atoms with E-state index in [1.165, 1.54) is 37.4 Å². The number of anilines is 1. The van der Waals surface area contributed by atoms with Crippen LogP contribution in [-0.4, -0.2) is 31.4 Å². The average molecular weight is 365 g/mol. The second-order valence-corrected chi connectivity index (χ2v) is 5.34. The monoisotopic (exact) mass is 364 g/mol. The van der Waals surface area contributed by atoms with Crippen molar-refractivity contribution < 1.29 is 23.5 Å². The number of ether oxygens (including phenoxy) is 1. The Hall–Kier alpha value is -2.93. The Kier molecular flexibility index (Phi) is 6.08. The summed E-state index contributed by atoms with van der Waals surface area (Å²) in [6.07, 6.45) is 0. The van der Waals surface area contributed by atoms with Crippen molar-refractivity contribution in [2.75, 3.05) is 19.0 Å². The first-order valence-electron chi connectivity index (χ1n) is 7.15.